The Morgan fingerprint density at radius 1 is 1.67 bits per heavy atom. The van der Waals surface area contributed by atoms with Gasteiger partial charge in [-0.15, -0.1) is 0 Å². The minimum absolute atomic E-state index is 0.0193. The zero-order chi connectivity index (χ0) is 8.55. The molecule has 1 unspecified atom stereocenters. The van der Waals surface area contributed by atoms with E-state index in [-0.39, 0.29) is 11.9 Å². The highest BCUT2D eigenvalue weighted by atomic mass is 16.5. The van der Waals surface area contributed by atoms with Gasteiger partial charge in [-0.25, -0.2) is 0 Å². The van der Waals surface area contributed by atoms with Crippen molar-refractivity contribution < 1.29 is 9.53 Å². The van der Waals surface area contributed by atoms with E-state index in [1.165, 1.54) is 0 Å². The molecule has 0 aliphatic carbocycles. The Labute approximate surface area is 70.4 Å². The van der Waals surface area contributed by atoms with Crippen molar-refractivity contribution in [3.05, 3.63) is 24.0 Å². The zero-order valence-electron chi connectivity index (χ0n) is 6.78. The third-order valence-corrected chi connectivity index (χ3v) is 1.89. The first-order valence-corrected chi connectivity index (χ1v) is 3.91. The van der Waals surface area contributed by atoms with Crippen LogP contribution in [0, 0.1) is 0 Å². The molecule has 0 radical (unpaired) electrons. The van der Waals surface area contributed by atoms with E-state index < -0.39 is 0 Å². The normalized spacial score (nSPS) is 21.4. The molecule has 0 saturated heterocycles. The fourth-order valence-corrected chi connectivity index (χ4v) is 1.33. The maximum absolute atomic E-state index is 11.4. The fourth-order valence-electron chi connectivity index (χ4n) is 1.33. The first-order chi connectivity index (χ1) is 5.77. The molecule has 1 aliphatic rings. The molecule has 1 aromatic heterocycles. The Kier molecular flexibility index (Phi) is 1.57. The minimum atomic E-state index is -0.0193. The van der Waals surface area contributed by atoms with Gasteiger partial charge in [0.15, 0.2) is 5.78 Å². The number of ether oxygens (including phenoxy) is 1. The Morgan fingerprint density at radius 2 is 2.50 bits per heavy atom. The van der Waals surface area contributed by atoms with Crippen LogP contribution >= 0.6 is 0 Å². The van der Waals surface area contributed by atoms with E-state index in [1.807, 2.05) is 6.92 Å². The van der Waals surface area contributed by atoms with Gasteiger partial charge in [0.25, 0.3) is 0 Å². The van der Waals surface area contributed by atoms with Crippen molar-refractivity contribution in [3.8, 4) is 5.75 Å². The van der Waals surface area contributed by atoms with Crippen molar-refractivity contribution >= 4 is 5.78 Å². The molecule has 0 aromatic carbocycles. The van der Waals surface area contributed by atoms with Crippen molar-refractivity contribution in [3.63, 3.8) is 0 Å². The van der Waals surface area contributed by atoms with E-state index in [0.29, 0.717) is 17.7 Å². The monoisotopic (exact) mass is 163 g/mol. The van der Waals surface area contributed by atoms with Crippen LogP contribution in [0.3, 0.4) is 0 Å². The van der Waals surface area contributed by atoms with Crippen LogP contribution < -0.4 is 4.74 Å². The van der Waals surface area contributed by atoms with Crippen molar-refractivity contribution in [2.24, 2.45) is 0 Å². The number of hydrogen-bond acceptors (Lipinski definition) is 3. The molecule has 0 amide bonds. The highest BCUT2D eigenvalue weighted by Crippen LogP contribution is 2.25. The van der Waals surface area contributed by atoms with Crippen LogP contribution in [-0.2, 0) is 0 Å². The summed E-state index contributed by atoms with van der Waals surface area (Å²) in [5.74, 6) is 0.757. The van der Waals surface area contributed by atoms with E-state index in [1.54, 1.807) is 18.5 Å². The number of hydrogen-bond donors (Lipinski definition) is 0. The second-order valence-corrected chi connectivity index (χ2v) is 2.93. The Hall–Kier alpha value is -1.38. The molecule has 0 fully saturated rings. The molecular formula is C9H9NO2. The van der Waals surface area contributed by atoms with Crippen molar-refractivity contribution in [1.29, 1.82) is 0 Å². The van der Waals surface area contributed by atoms with Gasteiger partial charge in [-0.2, -0.15) is 0 Å². The number of pyridine rings is 1. The van der Waals surface area contributed by atoms with Gasteiger partial charge < -0.3 is 4.74 Å². The first-order valence-electron chi connectivity index (χ1n) is 3.91. The zero-order valence-corrected chi connectivity index (χ0v) is 6.78. The number of Topliss-reactive ketones (excluding diaryl/α,β-unsaturated/α-hetero) is 1. The van der Waals surface area contributed by atoms with E-state index in [9.17, 15) is 4.79 Å². The SMILES string of the molecule is CC1CC(=O)c2ccncc2O1. The largest absolute Gasteiger partial charge is 0.488 e. The smallest absolute Gasteiger partial charge is 0.170 e. The Morgan fingerprint density at radius 3 is 3.33 bits per heavy atom. The van der Waals surface area contributed by atoms with Crippen LogP contribution in [0.25, 0.3) is 0 Å². The molecule has 0 bridgehead atoms. The average molecular weight is 163 g/mol. The van der Waals surface area contributed by atoms with Gasteiger partial charge in [0.1, 0.15) is 11.9 Å². The summed E-state index contributed by atoms with van der Waals surface area (Å²) >= 11 is 0. The molecule has 1 aromatic rings. The van der Waals surface area contributed by atoms with Gasteiger partial charge in [0.2, 0.25) is 0 Å². The molecule has 1 aliphatic heterocycles. The highest BCUT2D eigenvalue weighted by Gasteiger charge is 2.22. The maximum atomic E-state index is 11.4. The number of aromatic nitrogens is 1. The van der Waals surface area contributed by atoms with Gasteiger partial charge in [0, 0.05) is 12.6 Å². The van der Waals surface area contributed by atoms with Gasteiger partial charge in [-0.1, -0.05) is 0 Å². The summed E-state index contributed by atoms with van der Waals surface area (Å²) in [5.41, 5.74) is 0.656. The third-order valence-electron chi connectivity index (χ3n) is 1.89. The molecule has 3 heteroatoms. The van der Waals surface area contributed by atoms with Crippen molar-refractivity contribution in [2.75, 3.05) is 0 Å². The van der Waals surface area contributed by atoms with Gasteiger partial charge >= 0.3 is 0 Å². The standard InChI is InChI=1S/C9H9NO2/c1-6-4-8(11)7-2-3-10-5-9(7)12-6/h2-3,5-6H,4H2,1H3. The van der Waals surface area contributed by atoms with Crippen molar-refractivity contribution in [1.82, 2.24) is 4.98 Å². The van der Waals surface area contributed by atoms with Crippen LogP contribution in [0.4, 0.5) is 0 Å². The molecule has 0 N–H and O–H groups in total. The van der Waals surface area contributed by atoms with E-state index in [0.717, 1.165) is 0 Å². The maximum Gasteiger partial charge on any atom is 0.170 e. The lowest BCUT2D eigenvalue weighted by Gasteiger charge is -2.21. The summed E-state index contributed by atoms with van der Waals surface area (Å²) in [5, 5.41) is 0. The summed E-state index contributed by atoms with van der Waals surface area (Å²) in [6.07, 6.45) is 3.64. The van der Waals surface area contributed by atoms with Crippen LogP contribution in [0.2, 0.25) is 0 Å². The summed E-state index contributed by atoms with van der Waals surface area (Å²) < 4.78 is 5.42. The van der Waals surface area contributed by atoms with Gasteiger partial charge in [-0.05, 0) is 13.0 Å². The Balaban J connectivity index is 2.47. The van der Waals surface area contributed by atoms with Crippen LogP contribution in [0.15, 0.2) is 18.5 Å². The molecule has 0 spiro atoms. The molecule has 0 saturated carbocycles. The van der Waals surface area contributed by atoms with E-state index in [4.69, 9.17) is 4.74 Å². The molecule has 2 heterocycles. The molecule has 2 rings (SSSR count). The second-order valence-electron chi connectivity index (χ2n) is 2.93. The van der Waals surface area contributed by atoms with E-state index >= 15 is 0 Å². The summed E-state index contributed by atoms with van der Waals surface area (Å²) in [7, 11) is 0. The topological polar surface area (TPSA) is 39.2 Å². The number of nitrogens with zero attached hydrogens (tertiary/aromatic N) is 1. The third kappa shape index (κ3) is 1.07. The number of fused-ring (bicyclic) bond motifs is 1. The van der Waals surface area contributed by atoms with Crippen LogP contribution in [0.5, 0.6) is 5.75 Å². The van der Waals surface area contributed by atoms with Crippen LogP contribution in [-0.4, -0.2) is 16.9 Å². The predicted octanol–water partition coefficient (Wildman–Crippen LogP) is 1.44. The number of carbonyl (C=O) groups is 1. The predicted molar refractivity (Wildman–Crippen MR) is 43.3 cm³/mol. The lowest BCUT2D eigenvalue weighted by Crippen LogP contribution is -2.23. The summed E-state index contributed by atoms with van der Waals surface area (Å²) in [6, 6.07) is 1.70. The second kappa shape index (κ2) is 2.59. The van der Waals surface area contributed by atoms with Gasteiger partial charge in [-0.3, -0.25) is 9.78 Å². The minimum Gasteiger partial charge on any atom is -0.488 e. The quantitative estimate of drug-likeness (QED) is 0.580. The fraction of sp³-hybridized carbons (Fsp3) is 0.333. The first kappa shape index (κ1) is 7.28. The molecule has 62 valence electrons. The van der Waals surface area contributed by atoms with Gasteiger partial charge in [0.05, 0.1) is 11.8 Å². The number of rotatable bonds is 0. The molecule has 1 atom stereocenters. The average Bonchev–Trinajstić information content (AvgIpc) is 2.04. The lowest BCUT2D eigenvalue weighted by molar-refractivity contribution is 0.0870. The lowest BCUT2D eigenvalue weighted by atomic mass is 10.0. The number of ketones is 1. The summed E-state index contributed by atoms with van der Waals surface area (Å²) in [6.45, 7) is 1.88. The molecular weight excluding hydrogens is 154 g/mol. The van der Waals surface area contributed by atoms with Crippen LogP contribution in [0.1, 0.15) is 23.7 Å². The summed E-state index contributed by atoms with van der Waals surface area (Å²) in [4.78, 5) is 15.3. The number of carbonyl (C=O) groups excluding carboxylic acids is 1. The molecule has 12 heavy (non-hydrogen) atoms. The Bertz CT molecular complexity index is 322. The van der Waals surface area contributed by atoms with E-state index in [2.05, 4.69) is 4.98 Å². The highest BCUT2D eigenvalue weighted by molar-refractivity contribution is 5.99. The molecule has 3 nitrogen and oxygen atoms in total. The van der Waals surface area contributed by atoms with Crippen molar-refractivity contribution in [2.45, 2.75) is 19.4 Å².